The zero-order chi connectivity index (χ0) is 16.2. The maximum absolute atomic E-state index is 12.0. The molecule has 3 N–H and O–H groups in total. The van der Waals surface area contributed by atoms with Crippen molar-refractivity contribution in [2.24, 2.45) is 11.7 Å². The number of hydrogen-bond acceptors (Lipinski definition) is 3. The van der Waals surface area contributed by atoms with Crippen LogP contribution in [0.25, 0.3) is 0 Å². The number of likely N-dealkylation sites (tertiary alicyclic amines) is 1. The normalized spacial score (nSPS) is 16.5. The lowest BCUT2D eigenvalue weighted by Crippen LogP contribution is -2.42. The Hall–Kier alpha value is -1.96. The summed E-state index contributed by atoms with van der Waals surface area (Å²) in [4.78, 5) is 13.7. The van der Waals surface area contributed by atoms with Gasteiger partial charge in [0.2, 0.25) is 0 Å². The predicted molar refractivity (Wildman–Crippen MR) is 75.5 cm³/mol. The molecule has 2 rings (SSSR count). The van der Waals surface area contributed by atoms with Crippen LogP contribution in [-0.4, -0.2) is 36.9 Å². The fraction of sp³-hybridized carbons (Fsp3) is 0.500. The summed E-state index contributed by atoms with van der Waals surface area (Å²) >= 11 is 0. The van der Waals surface area contributed by atoms with Crippen LogP contribution < -0.4 is 15.8 Å². The average molecular weight is 317 g/mol. The van der Waals surface area contributed by atoms with Gasteiger partial charge in [0.05, 0.1) is 0 Å². The molecule has 1 aliphatic rings. The van der Waals surface area contributed by atoms with E-state index in [9.17, 15) is 18.0 Å². The molecule has 0 spiro atoms. The molecule has 0 bridgehead atoms. The minimum Gasteiger partial charge on any atom is -0.406 e. The molecule has 22 heavy (non-hydrogen) atoms. The molecule has 1 heterocycles. The number of nitrogens with one attached hydrogen (secondary N) is 1. The number of alkyl halides is 3. The van der Waals surface area contributed by atoms with Crippen LogP contribution in [-0.2, 0) is 0 Å². The van der Waals surface area contributed by atoms with Crippen LogP contribution in [0.5, 0.6) is 5.75 Å². The zero-order valence-corrected chi connectivity index (χ0v) is 11.9. The molecule has 0 aromatic heterocycles. The van der Waals surface area contributed by atoms with E-state index in [0.717, 1.165) is 25.0 Å². The number of halogens is 3. The molecule has 1 aromatic rings. The van der Waals surface area contributed by atoms with Gasteiger partial charge in [-0.3, -0.25) is 0 Å². The van der Waals surface area contributed by atoms with Crippen LogP contribution in [0.4, 0.5) is 23.7 Å². The van der Waals surface area contributed by atoms with Crippen molar-refractivity contribution in [3.8, 4) is 5.75 Å². The molecule has 0 aliphatic carbocycles. The van der Waals surface area contributed by atoms with Gasteiger partial charge in [0.15, 0.2) is 0 Å². The maximum atomic E-state index is 12.0. The number of hydrogen-bond donors (Lipinski definition) is 2. The van der Waals surface area contributed by atoms with Crippen molar-refractivity contribution in [1.82, 2.24) is 4.90 Å². The van der Waals surface area contributed by atoms with Crippen molar-refractivity contribution in [1.29, 1.82) is 0 Å². The van der Waals surface area contributed by atoms with E-state index in [-0.39, 0.29) is 11.8 Å². The van der Waals surface area contributed by atoms with Crippen LogP contribution >= 0.6 is 0 Å². The molecule has 1 saturated heterocycles. The summed E-state index contributed by atoms with van der Waals surface area (Å²) in [5, 5.41) is 2.65. The van der Waals surface area contributed by atoms with E-state index >= 15 is 0 Å². The molecule has 0 unspecified atom stereocenters. The number of nitrogens with two attached hydrogens (primary N) is 1. The number of rotatable bonds is 3. The van der Waals surface area contributed by atoms with Crippen molar-refractivity contribution < 1.29 is 22.7 Å². The topological polar surface area (TPSA) is 67.6 Å². The average Bonchev–Trinajstić information content (AvgIpc) is 2.48. The lowest BCUT2D eigenvalue weighted by molar-refractivity contribution is -0.274. The summed E-state index contributed by atoms with van der Waals surface area (Å²) < 4.78 is 39.9. The molecule has 5 nitrogen and oxygen atoms in total. The summed E-state index contributed by atoms with van der Waals surface area (Å²) in [5.74, 6) is 0.122. The summed E-state index contributed by atoms with van der Waals surface area (Å²) in [7, 11) is 0. The second kappa shape index (κ2) is 6.87. The highest BCUT2D eigenvalue weighted by Gasteiger charge is 2.31. The molecule has 1 aromatic carbocycles. The number of piperidine rings is 1. The van der Waals surface area contributed by atoms with Gasteiger partial charge < -0.3 is 20.7 Å². The van der Waals surface area contributed by atoms with E-state index in [1.165, 1.54) is 12.1 Å². The quantitative estimate of drug-likeness (QED) is 0.901. The number of carbonyl (C=O) groups excluding carboxylic acids is 1. The molecule has 0 atom stereocenters. The van der Waals surface area contributed by atoms with Gasteiger partial charge in [-0.25, -0.2) is 4.79 Å². The van der Waals surface area contributed by atoms with Crippen molar-refractivity contribution in [3.63, 3.8) is 0 Å². The number of ether oxygens (including phenoxy) is 1. The van der Waals surface area contributed by atoms with E-state index in [2.05, 4.69) is 10.1 Å². The molecule has 1 fully saturated rings. The Balaban J connectivity index is 1.87. The van der Waals surface area contributed by atoms with E-state index in [4.69, 9.17) is 5.73 Å². The Morgan fingerprint density at radius 1 is 1.27 bits per heavy atom. The SMILES string of the molecule is NCC1CCN(C(=O)Nc2ccc(OC(F)(F)F)cc2)CC1. The Kier molecular flexibility index (Phi) is 5.12. The van der Waals surface area contributed by atoms with Gasteiger partial charge in [0.25, 0.3) is 0 Å². The minimum atomic E-state index is -4.72. The second-order valence-corrected chi connectivity index (χ2v) is 5.17. The van der Waals surface area contributed by atoms with E-state index in [0.29, 0.717) is 31.2 Å². The van der Waals surface area contributed by atoms with E-state index in [1.54, 1.807) is 4.90 Å². The van der Waals surface area contributed by atoms with E-state index < -0.39 is 6.36 Å². The maximum Gasteiger partial charge on any atom is 0.573 e. The van der Waals surface area contributed by atoms with Crippen LogP contribution in [0, 0.1) is 5.92 Å². The van der Waals surface area contributed by atoms with Crippen LogP contribution in [0.3, 0.4) is 0 Å². The number of benzene rings is 1. The number of amides is 2. The fourth-order valence-corrected chi connectivity index (χ4v) is 2.31. The fourth-order valence-electron chi connectivity index (χ4n) is 2.31. The first-order valence-electron chi connectivity index (χ1n) is 6.99. The minimum absolute atomic E-state index is 0.264. The smallest absolute Gasteiger partial charge is 0.406 e. The Morgan fingerprint density at radius 3 is 2.36 bits per heavy atom. The Morgan fingerprint density at radius 2 is 1.86 bits per heavy atom. The number of urea groups is 1. The lowest BCUT2D eigenvalue weighted by atomic mass is 9.97. The molecule has 122 valence electrons. The third-order valence-corrected chi connectivity index (χ3v) is 3.57. The molecular formula is C14H18F3N3O2. The molecule has 0 radical (unpaired) electrons. The first-order chi connectivity index (χ1) is 10.4. The first kappa shape index (κ1) is 16.4. The van der Waals surface area contributed by atoms with Crippen LogP contribution in [0.15, 0.2) is 24.3 Å². The van der Waals surface area contributed by atoms with Gasteiger partial charge in [-0.05, 0) is 49.6 Å². The van der Waals surface area contributed by atoms with Crippen LogP contribution in [0.1, 0.15) is 12.8 Å². The lowest BCUT2D eigenvalue weighted by Gasteiger charge is -2.31. The van der Waals surface area contributed by atoms with Gasteiger partial charge in [-0.1, -0.05) is 0 Å². The van der Waals surface area contributed by atoms with E-state index in [1.807, 2.05) is 0 Å². The van der Waals surface area contributed by atoms with Gasteiger partial charge in [-0.2, -0.15) is 0 Å². The highest BCUT2D eigenvalue weighted by atomic mass is 19.4. The van der Waals surface area contributed by atoms with Crippen molar-refractivity contribution in [2.45, 2.75) is 19.2 Å². The first-order valence-corrected chi connectivity index (χ1v) is 6.99. The summed E-state index contributed by atoms with van der Waals surface area (Å²) in [6, 6.07) is 4.78. The van der Waals surface area contributed by atoms with Gasteiger partial charge in [-0.15, -0.1) is 13.2 Å². The second-order valence-electron chi connectivity index (χ2n) is 5.17. The van der Waals surface area contributed by atoms with Gasteiger partial charge in [0, 0.05) is 18.8 Å². The third-order valence-electron chi connectivity index (χ3n) is 3.57. The highest BCUT2D eigenvalue weighted by molar-refractivity contribution is 5.89. The van der Waals surface area contributed by atoms with Crippen molar-refractivity contribution >= 4 is 11.7 Å². The zero-order valence-electron chi connectivity index (χ0n) is 11.9. The number of anilines is 1. The van der Waals surface area contributed by atoms with Crippen LogP contribution in [0.2, 0.25) is 0 Å². The molecular weight excluding hydrogens is 299 g/mol. The predicted octanol–water partition coefficient (Wildman–Crippen LogP) is 2.79. The number of carbonyl (C=O) groups is 1. The monoisotopic (exact) mass is 317 g/mol. The standard InChI is InChI=1S/C14H18F3N3O2/c15-14(16,17)22-12-3-1-11(2-4-12)19-13(21)20-7-5-10(9-18)6-8-20/h1-4,10H,5-9,18H2,(H,19,21). The molecule has 0 saturated carbocycles. The summed E-state index contributed by atoms with van der Waals surface area (Å²) in [6.07, 6.45) is -3.00. The van der Waals surface area contributed by atoms with Gasteiger partial charge >= 0.3 is 12.4 Å². The third kappa shape index (κ3) is 4.80. The molecule has 1 aliphatic heterocycles. The summed E-state index contributed by atoms with van der Waals surface area (Å²) in [5.41, 5.74) is 6.01. The summed E-state index contributed by atoms with van der Waals surface area (Å²) in [6.45, 7) is 1.88. The molecule has 8 heteroatoms. The number of nitrogens with zero attached hydrogens (tertiary/aromatic N) is 1. The van der Waals surface area contributed by atoms with Crippen molar-refractivity contribution in [2.75, 3.05) is 25.0 Å². The Labute approximate surface area is 126 Å². The molecule has 2 amide bonds. The van der Waals surface area contributed by atoms with Crippen molar-refractivity contribution in [3.05, 3.63) is 24.3 Å². The highest BCUT2D eigenvalue weighted by Crippen LogP contribution is 2.24. The van der Waals surface area contributed by atoms with Gasteiger partial charge in [0.1, 0.15) is 5.75 Å². The Bertz CT molecular complexity index is 497. The largest absolute Gasteiger partial charge is 0.573 e.